The largest absolute Gasteiger partial charge is 0.510 e. The number of carbonyl (C=O) groups excluding carboxylic acids is 2. The van der Waals surface area contributed by atoms with Crippen molar-refractivity contribution in [3.05, 3.63) is 33.1 Å². The predicted molar refractivity (Wildman–Crippen MR) is 151 cm³/mol. The molecule has 270 valence electrons. The summed E-state index contributed by atoms with van der Waals surface area (Å²) in [6, 6.07) is 1.02. The predicted octanol–water partition coefficient (Wildman–Crippen LogP) is 0.476. The van der Waals surface area contributed by atoms with E-state index in [9.17, 15) is 33.2 Å². The van der Waals surface area contributed by atoms with Gasteiger partial charge in [0.15, 0.2) is 0 Å². The minimum absolute atomic E-state index is 0.0228. The number of alkyl halides is 1. The number of phosphoric acid groups is 1. The minimum atomic E-state index is -4.90. The van der Waals surface area contributed by atoms with Crippen LogP contribution in [0.1, 0.15) is 13.2 Å². The lowest BCUT2D eigenvalue weighted by atomic mass is 9.92. The van der Waals surface area contributed by atoms with Crippen molar-refractivity contribution in [1.82, 2.24) is 9.55 Å². The van der Waals surface area contributed by atoms with Gasteiger partial charge in [0.1, 0.15) is 31.7 Å². The summed E-state index contributed by atoms with van der Waals surface area (Å²) in [6.45, 7) is -2.34. The van der Waals surface area contributed by atoms with Crippen LogP contribution in [0.4, 0.5) is 14.0 Å². The first-order valence-electron chi connectivity index (χ1n) is 14.0. The molecule has 1 fully saturated rings. The molecule has 0 spiro atoms. The van der Waals surface area contributed by atoms with Gasteiger partial charge in [0, 0.05) is 32.4 Å². The van der Waals surface area contributed by atoms with Gasteiger partial charge in [-0.2, -0.15) is 0 Å². The van der Waals surface area contributed by atoms with E-state index in [1.54, 1.807) is 0 Å². The number of carbonyl (C=O) groups is 2. The number of rotatable bonds is 23. The molecule has 2 N–H and O–H groups in total. The van der Waals surface area contributed by atoms with Gasteiger partial charge in [0.05, 0.1) is 52.4 Å². The van der Waals surface area contributed by atoms with E-state index in [0.29, 0.717) is 13.2 Å². The van der Waals surface area contributed by atoms with Crippen molar-refractivity contribution in [2.75, 3.05) is 93.9 Å². The summed E-state index contributed by atoms with van der Waals surface area (Å²) in [6.07, 6.45) is -4.36. The van der Waals surface area contributed by atoms with E-state index in [-0.39, 0.29) is 39.6 Å². The third-order valence-corrected chi connectivity index (χ3v) is 7.48. The number of phosphoric ester groups is 1. The monoisotopic (exact) mass is 706 g/mol. The van der Waals surface area contributed by atoms with Crippen LogP contribution in [0, 0.1) is 5.92 Å². The van der Waals surface area contributed by atoms with Crippen LogP contribution in [0.15, 0.2) is 21.9 Å². The van der Waals surface area contributed by atoms with Gasteiger partial charge in [0.25, 0.3) is 5.56 Å². The van der Waals surface area contributed by atoms with Gasteiger partial charge in [-0.25, -0.2) is 32.4 Å². The molecule has 1 aliphatic rings. The van der Waals surface area contributed by atoms with Crippen LogP contribution in [-0.4, -0.2) is 133 Å². The van der Waals surface area contributed by atoms with E-state index in [2.05, 4.69) is 9.47 Å². The molecule has 2 rings (SSSR count). The number of hydrogen-bond donors (Lipinski definition) is 2. The lowest BCUT2D eigenvalue weighted by Crippen LogP contribution is -2.47. The number of aromatic amines is 1. The fourth-order valence-electron chi connectivity index (χ4n) is 3.78. The lowest BCUT2D eigenvalue weighted by molar-refractivity contribution is -0.140. The van der Waals surface area contributed by atoms with Crippen molar-refractivity contribution >= 4 is 20.1 Å². The van der Waals surface area contributed by atoms with Crippen LogP contribution >= 0.6 is 7.82 Å². The number of aliphatic hydroxyl groups is 1. The first kappa shape index (κ1) is 40.2. The molecule has 4 atom stereocenters. The maximum atomic E-state index is 14.5. The zero-order chi connectivity index (χ0) is 34.7. The molecule has 0 aliphatic carbocycles. The Hall–Kier alpha value is -2.98. The number of nitrogens with zero attached hydrogens (tertiary/aromatic N) is 1. The van der Waals surface area contributed by atoms with Crippen molar-refractivity contribution in [1.29, 1.82) is 0 Å². The van der Waals surface area contributed by atoms with Crippen LogP contribution in [0.25, 0.3) is 0 Å². The summed E-state index contributed by atoms with van der Waals surface area (Å²) in [5.74, 6) is -0.952. The first-order valence-corrected chi connectivity index (χ1v) is 15.5. The topological polar surface area (TPSA) is 237 Å². The van der Waals surface area contributed by atoms with Crippen molar-refractivity contribution < 1.29 is 79.9 Å². The van der Waals surface area contributed by atoms with Crippen LogP contribution in [0.2, 0.25) is 0 Å². The van der Waals surface area contributed by atoms with Crippen molar-refractivity contribution in [3.8, 4) is 0 Å². The van der Waals surface area contributed by atoms with E-state index < -0.39 is 82.1 Å². The van der Waals surface area contributed by atoms with E-state index in [0.717, 1.165) is 16.8 Å². The number of halogens is 1. The molecule has 0 bridgehead atoms. The molecule has 1 aliphatic heterocycles. The number of H-pyrrole nitrogens is 1. The lowest BCUT2D eigenvalue weighted by Gasteiger charge is -2.30. The Morgan fingerprint density at radius 3 is 1.94 bits per heavy atom. The Morgan fingerprint density at radius 1 is 0.915 bits per heavy atom. The highest BCUT2D eigenvalue weighted by atomic mass is 31.2. The highest BCUT2D eigenvalue weighted by Crippen LogP contribution is 2.52. The molecule has 0 aromatic carbocycles. The quantitative estimate of drug-likeness (QED) is 0.0681. The number of methoxy groups -OCH3 is 2. The summed E-state index contributed by atoms with van der Waals surface area (Å²) < 4.78 is 88.3. The van der Waals surface area contributed by atoms with Gasteiger partial charge in [0.2, 0.25) is 13.6 Å². The standard InChI is InChI=1S/C25H40FN2O18P/c1-18-20(30)25(14-26,46-21(18)28-5-4-19(29)27-22(28)31)15-43-47(34,44-16-41-23(32)39-12-10-37-8-6-35-2)45-17-42-24(33)40-13-11-38-9-7-36-3/h4-5,18,20-21,30H,6-17H2,1-3H3,(H,27,29,31). The average Bonchev–Trinajstić information content (AvgIpc) is 3.29. The highest BCUT2D eigenvalue weighted by molar-refractivity contribution is 7.48. The van der Waals surface area contributed by atoms with Crippen LogP contribution in [-0.2, 0) is 60.8 Å². The molecule has 47 heavy (non-hydrogen) atoms. The summed E-state index contributed by atoms with van der Waals surface area (Å²) in [5.41, 5.74) is -3.82. The molecule has 1 saturated heterocycles. The average molecular weight is 707 g/mol. The van der Waals surface area contributed by atoms with E-state index in [1.165, 1.54) is 21.1 Å². The number of ether oxygens (including phenoxy) is 9. The number of aliphatic hydroxyl groups excluding tert-OH is 1. The maximum absolute atomic E-state index is 14.5. The maximum Gasteiger partial charge on any atom is 0.510 e. The summed E-state index contributed by atoms with van der Waals surface area (Å²) in [5, 5.41) is 10.9. The molecular formula is C25H40FN2O18P. The third kappa shape index (κ3) is 13.6. The van der Waals surface area contributed by atoms with Gasteiger partial charge in [-0.3, -0.25) is 18.9 Å². The van der Waals surface area contributed by atoms with E-state index >= 15 is 0 Å². The van der Waals surface area contributed by atoms with Crippen molar-refractivity contribution in [2.45, 2.75) is 24.9 Å². The molecule has 1 aromatic heterocycles. The first-order chi connectivity index (χ1) is 22.5. The van der Waals surface area contributed by atoms with Crippen molar-refractivity contribution in [3.63, 3.8) is 0 Å². The molecular weight excluding hydrogens is 666 g/mol. The normalized spacial score (nSPS) is 21.0. The Kier molecular flexibility index (Phi) is 18.0. The minimum Gasteiger partial charge on any atom is -0.432 e. The van der Waals surface area contributed by atoms with Gasteiger partial charge < -0.3 is 47.7 Å². The summed E-state index contributed by atoms with van der Waals surface area (Å²) in [7, 11) is -1.93. The second kappa shape index (κ2) is 21.1. The van der Waals surface area contributed by atoms with Crippen molar-refractivity contribution in [2.24, 2.45) is 5.92 Å². The van der Waals surface area contributed by atoms with Crippen LogP contribution in [0.5, 0.6) is 0 Å². The van der Waals surface area contributed by atoms with Gasteiger partial charge in [-0.15, -0.1) is 0 Å². The summed E-state index contributed by atoms with van der Waals surface area (Å²) in [4.78, 5) is 49.5. The SMILES string of the molecule is COCCOCCOC(=O)OCOP(=O)(OCOC(=O)OCCOCCOC)OCC1(CF)OC(n2ccc(=O)[nH]c2=O)C(C)C1O. The third-order valence-electron chi connectivity index (χ3n) is 6.19. The fraction of sp³-hybridized carbons (Fsp3) is 0.760. The van der Waals surface area contributed by atoms with Gasteiger partial charge >= 0.3 is 25.8 Å². The Bertz CT molecular complexity index is 1210. The Balaban J connectivity index is 2.02. The number of hydrogen-bond acceptors (Lipinski definition) is 18. The molecule has 0 amide bonds. The Morgan fingerprint density at radius 2 is 1.45 bits per heavy atom. The van der Waals surface area contributed by atoms with Crippen LogP contribution < -0.4 is 11.2 Å². The smallest absolute Gasteiger partial charge is 0.432 e. The highest BCUT2D eigenvalue weighted by Gasteiger charge is 2.55. The van der Waals surface area contributed by atoms with Crippen LogP contribution in [0.3, 0.4) is 0 Å². The van der Waals surface area contributed by atoms with Gasteiger partial charge in [-0.05, 0) is 0 Å². The number of nitrogens with one attached hydrogen (secondary N) is 1. The van der Waals surface area contributed by atoms with E-state index in [4.69, 9.17) is 46.7 Å². The Labute approximate surface area is 267 Å². The molecule has 0 saturated carbocycles. The second-order valence-electron chi connectivity index (χ2n) is 9.44. The zero-order valence-electron chi connectivity index (χ0n) is 26.0. The van der Waals surface area contributed by atoms with E-state index in [1.807, 2.05) is 4.98 Å². The second-order valence-corrected chi connectivity index (χ2v) is 11.1. The molecule has 20 nitrogen and oxygen atoms in total. The molecule has 2 heterocycles. The molecule has 4 unspecified atom stereocenters. The zero-order valence-corrected chi connectivity index (χ0v) is 26.9. The number of aromatic nitrogens is 2. The summed E-state index contributed by atoms with van der Waals surface area (Å²) >= 11 is 0. The van der Waals surface area contributed by atoms with Gasteiger partial charge in [-0.1, -0.05) is 6.92 Å². The fourth-order valence-corrected chi connectivity index (χ4v) is 4.74. The molecule has 22 heteroatoms. The molecule has 1 aromatic rings. The molecule has 0 radical (unpaired) electrons.